The number of hydrogen-bond acceptors (Lipinski definition) is 5. The first-order valence-corrected chi connectivity index (χ1v) is 8.63. The molecule has 0 aliphatic carbocycles. The Labute approximate surface area is 144 Å². The molecular formula is C17H31N5O2. The minimum absolute atomic E-state index is 0.0340. The van der Waals surface area contributed by atoms with E-state index in [9.17, 15) is 4.79 Å². The second-order valence-electron chi connectivity index (χ2n) is 6.71. The number of aromatic nitrogens is 2. The van der Waals surface area contributed by atoms with Gasteiger partial charge in [0.25, 0.3) is 0 Å². The first kappa shape index (κ1) is 18.9. The highest BCUT2D eigenvalue weighted by molar-refractivity contribution is 5.95. The summed E-state index contributed by atoms with van der Waals surface area (Å²) in [6.45, 7) is 12.5. The Hall–Kier alpha value is -1.44. The number of methoxy groups -OCH3 is 1. The molecule has 2 rings (SSSR count). The van der Waals surface area contributed by atoms with Crippen LogP contribution in [0.3, 0.4) is 0 Å². The van der Waals surface area contributed by atoms with Crippen LogP contribution in [0.4, 0.5) is 5.69 Å². The van der Waals surface area contributed by atoms with Crippen molar-refractivity contribution in [3.8, 4) is 0 Å². The Morgan fingerprint density at radius 1 is 1.42 bits per heavy atom. The number of nitrogens with zero attached hydrogens (tertiary/aromatic N) is 4. The lowest BCUT2D eigenvalue weighted by molar-refractivity contribution is -0.121. The summed E-state index contributed by atoms with van der Waals surface area (Å²) in [5.41, 5.74) is 2.67. The van der Waals surface area contributed by atoms with Crippen LogP contribution in [0.25, 0.3) is 0 Å². The molecule has 0 aromatic carbocycles. The van der Waals surface area contributed by atoms with Gasteiger partial charge in [0.1, 0.15) is 0 Å². The largest absolute Gasteiger partial charge is 0.383 e. The van der Waals surface area contributed by atoms with Gasteiger partial charge in [-0.05, 0) is 27.7 Å². The number of amides is 1. The first-order valence-electron chi connectivity index (χ1n) is 8.63. The van der Waals surface area contributed by atoms with Gasteiger partial charge >= 0.3 is 0 Å². The van der Waals surface area contributed by atoms with E-state index in [0.717, 1.165) is 49.9 Å². The fourth-order valence-corrected chi connectivity index (χ4v) is 3.26. The standard InChI is InChI=1S/C17H31N5O2/c1-12-11-22(8-7-21(12)9-10-24-6)15(4)17(23)18-16-13(2)19-20(5)14(16)3/h12,15H,7-11H2,1-6H3,(H,18,23)/t12-,15+/m0/s1. The molecule has 0 bridgehead atoms. The van der Waals surface area contributed by atoms with E-state index < -0.39 is 0 Å². The molecular weight excluding hydrogens is 306 g/mol. The predicted molar refractivity (Wildman–Crippen MR) is 95.3 cm³/mol. The third-order valence-corrected chi connectivity index (χ3v) is 5.06. The van der Waals surface area contributed by atoms with Gasteiger partial charge in [0.05, 0.1) is 29.7 Å². The van der Waals surface area contributed by atoms with Gasteiger partial charge in [0.2, 0.25) is 5.91 Å². The molecule has 1 fully saturated rings. The van der Waals surface area contributed by atoms with Crippen LogP contribution in [0.5, 0.6) is 0 Å². The second-order valence-corrected chi connectivity index (χ2v) is 6.71. The van der Waals surface area contributed by atoms with Crippen molar-refractivity contribution < 1.29 is 9.53 Å². The summed E-state index contributed by atoms with van der Waals surface area (Å²) in [4.78, 5) is 17.3. The van der Waals surface area contributed by atoms with Crippen molar-refractivity contribution in [3.05, 3.63) is 11.4 Å². The van der Waals surface area contributed by atoms with Crippen LogP contribution in [-0.4, -0.2) is 77.5 Å². The van der Waals surface area contributed by atoms with Gasteiger partial charge in [-0.25, -0.2) is 0 Å². The molecule has 1 aliphatic heterocycles. The monoisotopic (exact) mass is 337 g/mol. The topological polar surface area (TPSA) is 62.6 Å². The highest BCUT2D eigenvalue weighted by atomic mass is 16.5. The van der Waals surface area contributed by atoms with Crippen LogP contribution in [0.15, 0.2) is 0 Å². The molecule has 1 saturated heterocycles. The summed E-state index contributed by atoms with van der Waals surface area (Å²) >= 11 is 0. The molecule has 1 aliphatic rings. The molecule has 7 nitrogen and oxygen atoms in total. The van der Waals surface area contributed by atoms with E-state index in [2.05, 4.69) is 27.1 Å². The van der Waals surface area contributed by atoms with Gasteiger partial charge in [-0.2, -0.15) is 5.10 Å². The van der Waals surface area contributed by atoms with Gasteiger partial charge in [-0.15, -0.1) is 0 Å². The Balaban J connectivity index is 1.94. The van der Waals surface area contributed by atoms with Gasteiger partial charge < -0.3 is 10.1 Å². The zero-order chi connectivity index (χ0) is 17.9. The van der Waals surface area contributed by atoms with Crippen LogP contribution >= 0.6 is 0 Å². The molecule has 0 saturated carbocycles. The zero-order valence-electron chi connectivity index (χ0n) is 15.8. The maximum atomic E-state index is 12.7. The number of hydrogen-bond donors (Lipinski definition) is 1. The Bertz CT molecular complexity index is 572. The van der Waals surface area contributed by atoms with Gasteiger partial charge in [0.15, 0.2) is 0 Å². The predicted octanol–water partition coefficient (Wildman–Crippen LogP) is 1.02. The Morgan fingerprint density at radius 3 is 2.67 bits per heavy atom. The quantitative estimate of drug-likeness (QED) is 0.840. The maximum absolute atomic E-state index is 12.7. The lowest BCUT2D eigenvalue weighted by atomic mass is 10.1. The van der Waals surface area contributed by atoms with Crippen LogP contribution in [0.1, 0.15) is 25.2 Å². The van der Waals surface area contributed by atoms with Gasteiger partial charge in [0, 0.05) is 46.4 Å². The van der Waals surface area contributed by atoms with Gasteiger partial charge in [-0.1, -0.05) is 0 Å². The lowest BCUT2D eigenvalue weighted by Gasteiger charge is -2.41. The number of aryl methyl sites for hydroxylation is 2. The summed E-state index contributed by atoms with van der Waals surface area (Å²) in [6, 6.07) is 0.266. The summed E-state index contributed by atoms with van der Waals surface area (Å²) in [7, 11) is 3.62. The third kappa shape index (κ3) is 4.15. The highest BCUT2D eigenvalue weighted by Crippen LogP contribution is 2.20. The molecule has 7 heteroatoms. The van der Waals surface area contributed by atoms with Crippen molar-refractivity contribution in [2.45, 2.75) is 39.8 Å². The van der Waals surface area contributed by atoms with Crippen LogP contribution in [0.2, 0.25) is 0 Å². The highest BCUT2D eigenvalue weighted by Gasteiger charge is 2.30. The van der Waals surface area contributed by atoms with E-state index in [4.69, 9.17) is 4.74 Å². The summed E-state index contributed by atoms with van der Waals surface area (Å²) in [5, 5.41) is 7.42. The van der Waals surface area contributed by atoms with Crippen LogP contribution in [-0.2, 0) is 16.6 Å². The lowest BCUT2D eigenvalue weighted by Crippen LogP contribution is -2.57. The molecule has 0 radical (unpaired) electrons. The molecule has 1 aromatic rings. The van der Waals surface area contributed by atoms with E-state index in [1.807, 2.05) is 27.8 Å². The van der Waals surface area contributed by atoms with Crippen LogP contribution in [0, 0.1) is 13.8 Å². The van der Waals surface area contributed by atoms with Crippen molar-refractivity contribution in [2.75, 3.05) is 45.2 Å². The normalized spacial score (nSPS) is 21.0. The average molecular weight is 337 g/mol. The first-order chi connectivity index (χ1) is 11.3. The molecule has 1 aromatic heterocycles. The van der Waals surface area contributed by atoms with E-state index in [1.165, 1.54) is 0 Å². The number of carbonyl (C=O) groups is 1. The SMILES string of the molecule is COCCN1CCN([C@H](C)C(=O)Nc2c(C)nn(C)c2C)C[C@@H]1C. The van der Waals surface area contributed by atoms with Crippen molar-refractivity contribution in [2.24, 2.45) is 7.05 Å². The minimum Gasteiger partial charge on any atom is -0.383 e. The number of anilines is 1. The number of nitrogens with one attached hydrogen (secondary N) is 1. The van der Waals surface area contributed by atoms with Crippen LogP contribution < -0.4 is 5.32 Å². The Kier molecular flexibility index (Phi) is 6.37. The Morgan fingerprint density at radius 2 is 2.12 bits per heavy atom. The number of rotatable bonds is 6. The number of ether oxygens (including phenoxy) is 1. The molecule has 2 atom stereocenters. The van der Waals surface area contributed by atoms with Crippen molar-refractivity contribution in [1.82, 2.24) is 19.6 Å². The van der Waals surface area contributed by atoms with Gasteiger partial charge in [-0.3, -0.25) is 19.3 Å². The minimum atomic E-state index is -0.156. The van der Waals surface area contributed by atoms with Crippen molar-refractivity contribution >= 4 is 11.6 Å². The molecule has 2 heterocycles. The van der Waals surface area contributed by atoms with E-state index in [-0.39, 0.29) is 11.9 Å². The molecule has 1 N–H and O–H groups in total. The summed E-state index contributed by atoms with van der Waals surface area (Å²) in [6.07, 6.45) is 0. The third-order valence-electron chi connectivity index (χ3n) is 5.06. The number of carbonyl (C=O) groups excluding carboxylic acids is 1. The van der Waals surface area contributed by atoms with E-state index in [0.29, 0.717) is 6.04 Å². The molecule has 1 amide bonds. The summed E-state index contributed by atoms with van der Waals surface area (Å²) in [5.74, 6) is 0.0340. The molecule has 24 heavy (non-hydrogen) atoms. The number of piperazine rings is 1. The van der Waals surface area contributed by atoms with E-state index in [1.54, 1.807) is 11.8 Å². The smallest absolute Gasteiger partial charge is 0.241 e. The average Bonchev–Trinajstić information content (AvgIpc) is 2.79. The zero-order valence-corrected chi connectivity index (χ0v) is 15.8. The second kappa shape index (κ2) is 8.09. The summed E-state index contributed by atoms with van der Waals surface area (Å²) < 4.78 is 6.97. The van der Waals surface area contributed by atoms with Crippen molar-refractivity contribution in [1.29, 1.82) is 0 Å². The van der Waals surface area contributed by atoms with E-state index >= 15 is 0 Å². The molecule has 136 valence electrons. The molecule has 0 spiro atoms. The maximum Gasteiger partial charge on any atom is 0.241 e. The fraction of sp³-hybridized carbons (Fsp3) is 0.765. The van der Waals surface area contributed by atoms with Crippen molar-refractivity contribution in [3.63, 3.8) is 0 Å². The molecule has 0 unspecified atom stereocenters. The fourth-order valence-electron chi connectivity index (χ4n) is 3.26.